The summed E-state index contributed by atoms with van der Waals surface area (Å²) in [5.41, 5.74) is 5.69. The summed E-state index contributed by atoms with van der Waals surface area (Å²) in [6.45, 7) is 0. The number of hydrogen-bond acceptors (Lipinski definition) is 0. The molecule has 0 N–H and O–H groups in total. The number of fused-ring (bicyclic) bond motifs is 5. The monoisotopic (exact) mass is 414 g/mol. The molecule has 0 unspecified atom stereocenters. The van der Waals surface area contributed by atoms with Gasteiger partial charge >= 0.3 is 0 Å². The summed E-state index contributed by atoms with van der Waals surface area (Å²) in [4.78, 5) is 0. The molecule has 4 saturated carbocycles. The molecule has 2 bridgehead atoms. The number of rotatable bonds is 5. The minimum atomic E-state index is 0.385. The summed E-state index contributed by atoms with van der Waals surface area (Å²) in [7, 11) is 0. The highest BCUT2D eigenvalue weighted by atomic mass is 14.9. The van der Waals surface area contributed by atoms with Crippen LogP contribution >= 0.6 is 0 Å². The van der Waals surface area contributed by atoms with Gasteiger partial charge < -0.3 is 0 Å². The molecule has 4 fully saturated rings. The van der Waals surface area contributed by atoms with Gasteiger partial charge in [0, 0.05) is 5.41 Å². The second-order valence-corrected chi connectivity index (χ2v) is 11.3. The summed E-state index contributed by atoms with van der Waals surface area (Å²) >= 11 is 0. The lowest BCUT2D eigenvalue weighted by Crippen LogP contribution is -2.25. The molecule has 0 heterocycles. The van der Waals surface area contributed by atoms with Gasteiger partial charge in [-0.3, -0.25) is 0 Å². The van der Waals surface area contributed by atoms with E-state index in [0.29, 0.717) is 10.8 Å². The molecule has 9 atom stereocenters. The van der Waals surface area contributed by atoms with Crippen LogP contribution in [0.25, 0.3) is 0 Å². The topological polar surface area (TPSA) is 0 Å². The van der Waals surface area contributed by atoms with E-state index in [0.717, 1.165) is 41.4 Å². The van der Waals surface area contributed by atoms with Crippen molar-refractivity contribution in [1.29, 1.82) is 0 Å². The van der Waals surface area contributed by atoms with E-state index in [1.54, 1.807) is 16.7 Å². The van der Waals surface area contributed by atoms with E-state index in [2.05, 4.69) is 103 Å². The van der Waals surface area contributed by atoms with Gasteiger partial charge in [-0.15, -0.1) is 0 Å². The quantitative estimate of drug-likeness (QED) is 0.383. The summed E-state index contributed by atoms with van der Waals surface area (Å²) < 4.78 is 0. The van der Waals surface area contributed by atoms with Crippen molar-refractivity contribution < 1.29 is 0 Å². The summed E-state index contributed by atoms with van der Waals surface area (Å²) in [5, 5.41) is 0. The van der Waals surface area contributed by atoms with Crippen molar-refractivity contribution in [3.05, 3.63) is 120 Å². The molecule has 0 nitrogen and oxygen atoms in total. The Morgan fingerprint density at radius 2 is 1.16 bits per heavy atom. The molecule has 158 valence electrons. The molecule has 8 rings (SSSR count). The standard InChI is InChI=1S/C32H30/c1-4-10-21(11-5-1)26-19-28(26)30-31(23-14-8-3-9-15-23)24-16-17-25(18-24)32(30,31)29-20-27(29)22-12-6-2-7-13-22/h1-17,24-30H,18-20H2/t24-,25+,26+,27-,28-,29+,30+,31+,32+/m1/s1. The van der Waals surface area contributed by atoms with E-state index in [4.69, 9.17) is 0 Å². The van der Waals surface area contributed by atoms with Gasteiger partial charge in [0.1, 0.15) is 0 Å². The Balaban J connectivity index is 1.25. The highest BCUT2D eigenvalue weighted by molar-refractivity contribution is 5.56. The first-order valence-electron chi connectivity index (χ1n) is 12.7. The molecule has 0 spiro atoms. The average Bonchev–Trinajstić information content (AvgIpc) is 3.80. The minimum Gasteiger partial charge on any atom is -0.0845 e. The summed E-state index contributed by atoms with van der Waals surface area (Å²) in [6.07, 6.45) is 9.45. The van der Waals surface area contributed by atoms with Gasteiger partial charge in [0.2, 0.25) is 0 Å². The van der Waals surface area contributed by atoms with Crippen LogP contribution in [0.4, 0.5) is 0 Å². The first-order chi connectivity index (χ1) is 15.9. The fourth-order valence-electron chi connectivity index (χ4n) is 9.37. The van der Waals surface area contributed by atoms with Crippen molar-refractivity contribution in [3.63, 3.8) is 0 Å². The molecule has 3 aromatic rings. The molecular weight excluding hydrogens is 384 g/mol. The van der Waals surface area contributed by atoms with Crippen LogP contribution < -0.4 is 0 Å². The predicted molar refractivity (Wildman–Crippen MR) is 129 cm³/mol. The van der Waals surface area contributed by atoms with E-state index >= 15 is 0 Å². The fraction of sp³-hybridized carbons (Fsp3) is 0.375. The third kappa shape index (κ3) is 2.01. The second-order valence-electron chi connectivity index (χ2n) is 11.3. The molecule has 0 aliphatic heterocycles. The van der Waals surface area contributed by atoms with Crippen molar-refractivity contribution in [2.24, 2.45) is 35.0 Å². The first-order valence-corrected chi connectivity index (χ1v) is 12.7. The van der Waals surface area contributed by atoms with Crippen molar-refractivity contribution >= 4 is 0 Å². The Labute approximate surface area is 191 Å². The van der Waals surface area contributed by atoms with Crippen molar-refractivity contribution in [3.8, 4) is 0 Å². The van der Waals surface area contributed by atoms with Crippen molar-refractivity contribution in [1.82, 2.24) is 0 Å². The molecule has 5 aliphatic carbocycles. The van der Waals surface area contributed by atoms with Gasteiger partial charge in [-0.2, -0.15) is 0 Å². The molecule has 3 aromatic carbocycles. The van der Waals surface area contributed by atoms with Gasteiger partial charge in [0.15, 0.2) is 0 Å². The Morgan fingerprint density at radius 1 is 0.562 bits per heavy atom. The van der Waals surface area contributed by atoms with E-state index < -0.39 is 0 Å². The zero-order valence-corrected chi connectivity index (χ0v) is 18.5. The maximum atomic E-state index is 2.64. The van der Waals surface area contributed by atoms with Gasteiger partial charge in [0.25, 0.3) is 0 Å². The summed E-state index contributed by atoms with van der Waals surface area (Å²) in [5.74, 6) is 5.64. The first kappa shape index (κ1) is 17.9. The number of allylic oxidation sites excluding steroid dienone is 2. The largest absolute Gasteiger partial charge is 0.0845 e. The van der Waals surface area contributed by atoms with Crippen LogP contribution in [0.15, 0.2) is 103 Å². The Hall–Kier alpha value is -2.60. The SMILES string of the molecule is C1=C[C@H]2C[C@@H]1[C@@]1(c3ccccc3)[C@H]([C@@H]3C[C@H]3c3ccccc3)[C@@]21[C@H]1C[C@@H]1c1ccccc1. The molecule has 0 radical (unpaired) electrons. The summed E-state index contributed by atoms with van der Waals surface area (Å²) in [6, 6.07) is 34.6. The second kappa shape index (κ2) is 6.04. The van der Waals surface area contributed by atoms with Gasteiger partial charge in [-0.25, -0.2) is 0 Å². The molecule has 0 saturated heterocycles. The Bertz CT molecular complexity index is 1190. The molecule has 0 amide bonds. The van der Waals surface area contributed by atoms with Crippen LogP contribution in [0.2, 0.25) is 0 Å². The molecule has 5 aliphatic rings. The van der Waals surface area contributed by atoms with E-state index in [1.165, 1.54) is 19.3 Å². The van der Waals surface area contributed by atoms with Crippen LogP contribution in [0.3, 0.4) is 0 Å². The zero-order valence-electron chi connectivity index (χ0n) is 18.5. The Kier molecular flexibility index (Phi) is 3.38. The zero-order chi connectivity index (χ0) is 20.9. The highest BCUT2D eigenvalue weighted by Crippen LogP contribution is 2.94. The highest BCUT2D eigenvalue weighted by Gasteiger charge is 2.91. The van der Waals surface area contributed by atoms with Crippen LogP contribution in [0, 0.1) is 35.0 Å². The smallest absolute Gasteiger partial charge is 0.0121 e. The maximum Gasteiger partial charge on any atom is 0.0121 e. The van der Waals surface area contributed by atoms with Crippen LogP contribution in [0.5, 0.6) is 0 Å². The molecule has 32 heavy (non-hydrogen) atoms. The van der Waals surface area contributed by atoms with Crippen molar-refractivity contribution in [2.75, 3.05) is 0 Å². The third-order valence-electron chi connectivity index (χ3n) is 10.3. The maximum absolute atomic E-state index is 2.64. The average molecular weight is 415 g/mol. The molecule has 0 heteroatoms. The minimum absolute atomic E-state index is 0.385. The van der Waals surface area contributed by atoms with E-state index in [1.807, 2.05) is 0 Å². The lowest BCUT2D eigenvalue weighted by molar-refractivity contribution is 0.282. The molecule has 0 aromatic heterocycles. The normalized spacial score (nSPS) is 44.3. The van der Waals surface area contributed by atoms with E-state index in [-0.39, 0.29) is 0 Å². The number of hydrogen-bond donors (Lipinski definition) is 0. The van der Waals surface area contributed by atoms with Gasteiger partial charge in [-0.1, -0.05) is 103 Å². The van der Waals surface area contributed by atoms with Gasteiger partial charge in [0.05, 0.1) is 0 Å². The van der Waals surface area contributed by atoms with Crippen LogP contribution in [-0.4, -0.2) is 0 Å². The Morgan fingerprint density at radius 3 is 1.84 bits per heavy atom. The molecular formula is C32H30. The van der Waals surface area contributed by atoms with Crippen molar-refractivity contribution in [2.45, 2.75) is 36.5 Å². The third-order valence-corrected chi connectivity index (χ3v) is 10.3. The number of benzene rings is 3. The fourth-order valence-corrected chi connectivity index (χ4v) is 9.37. The predicted octanol–water partition coefficient (Wildman–Crippen LogP) is 7.35. The van der Waals surface area contributed by atoms with Gasteiger partial charge in [-0.05, 0) is 82.8 Å². The lowest BCUT2D eigenvalue weighted by Gasteiger charge is -2.28. The lowest BCUT2D eigenvalue weighted by atomic mass is 9.75. The van der Waals surface area contributed by atoms with Crippen LogP contribution in [-0.2, 0) is 5.41 Å². The van der Waals surface area contributed by atoms with Crippen LogP contribution in [0.1, 0.15) is 47.8 Å². The van der Waals surface area contributed by atoms with E-state index in [9.17, 15) is 0 Å².